The van der Waals surface area contributed by atoms with E-state index in [1.807, 2.05) is 0 Å². The zero-order chi connectivity index (χ0) is 9.84. The van der Waals surface area contributed by atoms with E-state index in [0.29, 0.717) is 17.0 Å². The third kappa shape index (κ3) is 1.97. The molecule has 0 fully saturated rings. The number of anilines is 1. The highest BCUT2D eigenvalue weighted by Crippen LogP contribution is 2.21. The van der Waals surface area contributed by atoms with Gasteiger partial charge in [-0.1, -0.05) is 0 Å². The van der Waals surface area contributed by atoms with E-state index in [1.165, 1.54) is 13.2 Å². The minimum absolute atomic E-state index is 0.310. The van der Waals surface area contributed by atoms with E-state index >= 15 is 0 Å². The maximum atomic E-state index is 11.2. The Hall–Kier alpha value is -1.55. The van der Waals surface area contributed by atoms with E-state index < -0.39 is 12.4 Å². The van der Waals surface area contributed by atoms with Crippen molar-refractivity contribution in [1.29, 1.82) is 0 Å². The standard InChI is InChI=1S/C9H11NO3/c1-13-9-3-2-6(10)4-7(9)8(12)5-11/h2-4,11H,5,10H2,1H3. The number of hydrogen-bond acceptors (Lipinski definition) is 4. The van der Waals surface area contributed by atoms with Gasteiger partial charge in [-0.3, -0.25) is 4.79 Å². The fourth-order valence-electron chi connectivity index (χ4n) is 1.03. The van der Waals surface area contributed by atoms with Crippen LogP contribution in [-0.4, -0.2) is 24.6 Å². The van der Waals surface area contributed by atoms with E-state index in [0.717, 1.165) is 0 Å². The fraction of sp³-hybridized carbons (Fsp3) is 0.222. The van der Waals surface area contributed by atoms with Gasteiger partial charge >= 0.3 is 0 Å². The normalized spacial score (nSPS) is 9.69. The van der Waals surface area contributed by atoms with Crippen LogP contribution in [-0.2, 0) is 0 Å². The lowest BCUT2D eigenvalue weighted by Gasteiger charge is -2.06. The quantitative estimate of drug-likeness (QED) is 0.524. The highest BCUT2D eigenvalue weighted by Gasteiger charge is 2.10. The van der Waals surface area contributed by atoms with Crippen LogP contribution in [0.3, 0.4) is 0 Å². The number of nitrogens with two attached hydrogens (primary N) is 1. The zero-order valence-electron chi connectivity index (χ0n) is 7.28. The second-order valence-electron chi connectivity index (χ2n) is 2.54. The third-order valence-electron chi connectivity index (χ3n) is 1.67. The van der Waals surface area contributed by atoms with Gasteiger partial charge in [0, 0.05) is 5.69 Å². The van der Waals surface area contributed by atoms with Crippen LogP contribution in [0, 0.1) is 0 Å². The van der Waals surface area contributed by atoms with Crippen molar-refractivity contribution in [2.75, 3.05) is 19.5 Å². The van der Waals surface area contributed by atoms with Crippen molar-refractivity contribution in [3.8, 4) is 5.75 Å². The average Bonchev–Trinajstić information content (AvgIpc) is 2.16. The molecule has 0 unspecified atom stereocenters. The first-order valence-corrected chi connectivity index (χ1v) is 3.76. The SMILES string of the molecule is COc1ccc(N)cc1C(=O)CO. The fourth-order valence-corrected chi connectivity index (χ4v) is 1.03. The third-order valence-corrected chi connectivity index (χ3v) is 1.67. The molecule has 0 heterocycles. The first-order chi connectivity index (χ1) is 6.19. The molecule has 1 rings (SSSR count). The van der Waals surface area contributed by atoms with Crippen molar-refractivity contribution in [2.45, 2.75) is 0 Å². The Morgan fingerprint density at radius 2 is 2.31 bits per heavy atom. The molecule has 0 saturated carbocycles. The molecule has 4 nitrogen and oxygen atoms in total. The molecule has 0 aliphatic heterocycles. The van der Waals surface area contributed by atoms with Gasteiger partial charge in [-0.15, -0.1) is 0 Å². The Bertz CT molecular complexity index is 323. The molecule has 0 spiro atoms. The summed E-state index contributed by atoms with van der Waals surface area (Å²) in [5.74, 6) is 0.0254. The van der Waals surface area contributed by atoms with E-state index in [9.17, 15) is 4.79 Å². The lowest BCUT2D eigenvalue weighted by Crippen LogP contribution is -2.07. The summed E-state index contributed by atoms with van der Waals surface area (Å²) in [6.45, 7) is -0.542. The van der Waals surface area contributed by atoms with Crippen LogP contribution in [0.25, 0.3) is 0 Å². The number of ether oxygens (including phenoxy) is 1. The van der Waals surface area contributed by atoms with Gasteiger partial charge in [0.1, 0.15) is 12.4 Å². The molecule has 0 saturated heterocycles. The molecular weight excluding hydrogens is 170 g/mol. The zero-order valence-corrected chi connectivity index (χ0v) is 7.28. The molecule has 1 aromatic rings. The number of benzene rings is 1. The number of rotatable bonds is 3. The van der Waals surface area contributed by atoms with Crippen molar-refractivity contribution in [3.05, 3.63) is 23.8 Å². The van der Waals surface area contributed by atoms with Gasteiger partial charge in [0.15, 0.2) is 5.78 Å². The summed E-state index contributed by atoms with van der Waals surface area (Å²) in [5.41, 5.74) is 6.27. The number of carbonyl (C=O) groups excluding carboxylic acids is 1. The number of nitrogen functional groups attached to an aromatic ring is 1. The predicted molar refractivity (Wildman–Crippen MR) is 48.8 cm³/mol. The van der Waals surface area contributed by atoms with Crippen LogP contribution < -0.4 is 10.5 Å². The number of Topliss-reactive ketones (excluding diaryl/α,β-unsaturated/α-hetero) is 1. The summed E-state index contributed by atoms with van der Waals surface area (Å²) in [7, 11) is 1.46. The van der Waals surface area contributed by atoms with Gasteiger partial charge in [-0.05, 0) is 18.2 Å². The Morgan fingerprint density at radius 1 is 1.62 bits per heavy atom. The van der Waals surface area contributed by atoms with E-state index in [-0.39, 0.29) is 0 Å². The molecule has 0 amide bonds. The molecule has 0 radical (unpaired) electrons. The van der Waals surface area contributed by atoms with Gasteiger partial charge in [0.05, 0.1) is 12.7 Å². The molecule has 4 heteroatoms. The number of aliphatic hydroxyl groups is 1. The van der Waals surface area contributed by atoms with Gasteiger partial charge in [-0.25, -0.2) is 0 Å². The summed E-state index contributed by atoms with van der Waals surface area (Å²) in [4.78, 5) is 11.2. The average molecular weight is 181 g/mol. The molecule has 0 aliphatic rings. The van der Waals surface area contributed by atoms with Crippen LogP contribution in [0.1, 0.15) is 10.4 Å². The largest absolute Gasteiger partial charge is 0.496 e. The highest BCUT2D eigenvalue weighted by molar-refractivity contribution is 6.00. The summed E-state index contributed by atoms with van der Waals surface area (Å²) in [5, 5.41) is 8.65. The van der Waals surface area contributed by atoms with Crippen LogP contribution in [0.15, 0.2) is 18.2 Å². The molecule has 1 aromatic carbocycles. The Morgan fingerprint density at radius 3 is 2.85 bits per heavy atom. The smallest absolute Gasteiger partial charge is 0.191 e. The second-order valence-corrected chi connectivity index (χ2v) is 2.54. The number of methoxy groups -OCH3 is 1. The van der Waals surface area contributed by atoms with Gasteiger partial charge < -0.3 is 15.6 Å². The van der Waals surface area contributed by atoms with Gasteiger partial charge in [-0.2, -0.15) is 0 Å². The Balaban J connectivity index is 3.15. The van der Waals surface area contributed by atoms with Gasteiger partial charge in [0.25, 0.3) is 0 Å². The maximum Gasteiger partial charge on any atom is 0.191 e. The van der Waals surface area contributed by atoms with E-state index in [2.05, 4.69) is 0 Å². The molecule has 70 valence electrons. The molecule has 0 bridgehead atoms. The first-order valence-electron chi connectivity index (χ1n) is 3.76. The summed E-state index contributed by atoms with van der Waals surface area (Å²) < 4.78 is 4.94. The second kappa shape index (κ2) is 3.91. The minimum Gasteiger partial charge on any atom is -0.496 e. The van der Waals surface area contributed by atoms with Crippen LogP contribution >= 0.6 is 0 Å². The molecule has 13 heavy (non-hydrogen) atoms. The maximum absolute atomic E-state index is 11.2. The van der Waals surface area contributed by atoms with Crippen molar-refractivity contribution in [1.82, 2.24) is 0 Å². The summed E-state index contributed by atoms with van der Waals surface area (Å²) in [6.07, 6.45) is 0. The molecule has 0 aromatic heterocycles. The van der Waals surface area contributed by atoms with Crippen molar-refractivity contribution in [3.63, 3.8) is 0 Å². The minimum atomic E-state index is -0.542. The van der Waals surface area contributed by atoms with Crippen LogP contribution in [0.5, 0.6) is 5.75 Å². The molecular formula is C9H11NO3. The highest BCUT2D eigenvalue weighted by atomic mass is 16.5. The summed E-state index contributed by atoms with van der Waals surface area (Å²) >= 11 is 0. The lowest BCUT2D eigenvalue weighted by molar-refractivity contribution is 0.0900. The first kappa shape index (κ1) is 9.54. The van der Waals surface area contributed by atoms with Crippen molar-refractivity contribution < 1.29 is 14.6 Å². The van der Waals surface area contributed by atoms with E-state index in [1.54, 1.807) is 12.1 Å². The van der Waals surface area contributed by atoms with Crippen LogP contribution in [0.4, 0.5) is 5.69 Å². The monoisotopic (exact) mass is 181 g/mol. The Kier molecular flexibility index (Phi) is 2.87. The lowest BCUT2D eigenvalue weighted by atomic mass is 10.1. The Labute approximate surface area is 75.9 Å². The number of carbonyl (C=O) groups is 1. The predicted octanol–water partition coefficient (Wildman–Crippen LogP) is 0.452. The summed E-state index contributed by atoms with van der Waals surface area (Å²) in [6, 6.07) is 4.71. The molecule has 3 N–H and O–H groups in total. The van der Waals surface area contributed by atoms with E-state index in [4.69, 9.17) is 15.6 Å². The van der Waals surface area contributed by atoms with Crippen LogP contribution in [0.2, 0.25) is 0 Å². The number of ketones is 1. The van der Waals surface area contributed by atoms with Crippen molar-refractivity contribution >= 4 is 11.5 Å². The van der Waals surface area contributed by atoms with Gasteiger partial charge in [0.2, 0.25) is 0 Å². The number of hydrogen-bond donors (Lipinski definition) is 2. The molecule has 0 atom stereocenters. The topological polar surface area (TPSA) is 72.5 Å². The number of aliphatic hydroxyl groups excluding tert-OH is 1. The van der Waals surface area contributed by atoms with Crippen molar-refractivity contribution in [2.24, 2.45) is 0 Å². The molecule has 0 aliphatic carbocycles.